The molecule has 0 unspecified atom stereocenters. The maximum atomic E-state index is 2.39. The fourth-order valence-corrected chi connectivity index (χ4v) is 3.64. The van der Waals surface area contributed by atoms with Gasteiger partial charge in [0.25, 0.3) is 0 Å². The Morgan fingerprint density at radius 2 is 1.86 bits per heavy atom. The van der Waals surface area contributed by atoms with E-state index in [1.165, 1.54) is 46.9 Å². The van der Waals surface area contributed by atoms with Crippen molar-refractivity contribution in [3.63, 3.8) is 0 Å². The maximum absolute atomic E-state index is 2.39. The summed E-state index contributed by atoms with van der Waals surface area (Å²) in [5, 5.41) is 2.80. The molecule has 0 radical (unpaired) electrons. The maximum Gasteiger partial charge on any atom is 0.213 e. The molecule has 1 aromatic heterocycles. The molecule has 1 aliphatic carbocycles. The first-order valence-electron chi connectivity index (χ1n) is 7.74. The highest BCUT2D eigenvalue weighted by atomic mass is 14.9. The second-order valence-corrected chi connectivity index (χ2v) is 6.14. The third kappa shape index (κ3) is 1.96. The topological polar surface area (TPSA) is 3.88 Å². The predicted molar refractivity (Wildman–Crippen MR) is 87.3 cm³/mol. The molecule has 0 amide bonds. The van der Waals surface area contributed by atoms with Crippen molar-refractivity contribution in [2.45, 2.75) is 26.2 Å². The molecule has 4 rings (SSSR count). The monoisotopic (exact) mass is 274 g/mol. The number of pyridine rings is 1. The normalized spacial score (nSPS) is 13.6. The van der Waals surface area contributed by atoms with Gasteiger partial charge in [0, 0.05) is 17.0 Å². The SMILES string of the molecule is Cc1ccccc1-c1cc2c3c(ccc2c[n+]1C)CCC3. The number of aryl methyl sites for hydroxylation is 4. The number of fused-ring (bicyclic) bond motifs is 3. The van der Waals surface area contributed by atoms with Gasteiger partial charge in [-0.15, -0.1) is 0 Å². The highest BCUT2D eigenvalue weighted by Gasteiger charge is 2.19. The molecule has 1 heteroatoms. The van der Waals surface area contributed by atoms with Crippen LogP contribution in [0, 0.1) is 6.92 Å². The van der Waals surface area contributed by atoms with Crippen molar-refractivity contribution in [2.75, 3.05) is 0 Å². The first kappa shape index (κ1) is 12.6. The Kier molecular flexibility index (Phi) is 2.81. The molecule has 2 aromatic carbocycles. The average molecular weight is 274 g/mol. The zero-order valence-electron chi connectivity index (χ0n) is 12.7. The summed E-state index contributed by atoms with van der Waals surface area (Å²) in [5.41, 5.74) is 7.09. The van der Waals surface area contributed by atoms with Crippen LogP contribution >= 0.6 is 0 Å². The van der Waals surface area contributed by atoms with E-state index >= 15 is 0 Å². The Balaban J connectivity index is 2.03. The minimum Gasteiger partial charge on any atom is -0.200 e. The van der Waals surface area contributed by atoms with Gasteiger partial charge in [-0.1, -0.05) is 24.3 Å². The van der Waals surface area contributed by atoms with Gasteiger partial charge in [0.15, 0.2) is 6.20 Å². The molecule has 0 spiro atoms. The fourth-order valence-electron chi connectivity index (χ4n) is 3.64. The first-order chi connectivity index (χ1) is 10.2. The largest absolute Gasteiger partial charge is 0.213 e. The Hall–Kier alpha value is -2.15. The van der Waals surface area contributed by atoms with E-state index < -0.39 is 0 Å². The van der Waals surface area contributed by atoms with Crippen molar-refractivity contribution < 1.29 is 4.57 Å². The molecular formula is C20H20N+. The smallest absolute Gasteiger partial charge is 0.200 e. The molecule has 0 aliphatic heterocycles. The van der Waals surface area contributed by atoms with E-state index in [1.807, 2.05) is 0 Å². The van der Waals surface area contributed by atoms with Crippen molar-refractivity contribution in [1.82, 2.24) is 0 Å². The lowest BCUT2D eigenvalue weighted by atomic mass is 9.98. The molecule has 0 saturated carbocycles. The quantitative estimate of drug-likeness (QED) is 0.587. The summed E-state index contributed by atoms with van der Waals surface area (Å²) in [7, 11) is 2.15. The minimum absolute atomic E-state index is 1.23. The molecule has 1 nitrogen and oxygen atoms in total. The van der Waals surface area contributed by atoms with E-state index in [9.17, 15) is 0 Å². The van der Waals surface area contributed by atoms with Gasteiger partial charge >= 0.3 is 0 Å². The van der Waals surface area contributed by atoms with Crippen molar-refractivity contribution in [2.24, 2.45) is 7.05 Å². The first-order valence-corrected chi connectivity index (χ1v) is 7.74. The van der Waals surface area contributed by atoms with Crippen LogP contribution in [0.25, 0.3) is 22.0 Å². The fraction of sp³-hybridized carbons (Fsp3) is 0.250. The van der Waals surface area contributed by atoms with Crippen LogP contribution in [-0.4, -0.2) is 0 Å². The standard InChI is InChI=1S/C20H20N/c1-14-6-3-4-8-17(14)20-12-19-16(13-21(20)2)11-10-15-7-5-9-18(15)19/h3-4,6,8,10-13H,5,7,9H2,1-2H3/q+1. The lowest BCUT2D eigenvalue weighted by Gasteiger charge is -2.08. The van der Waals surface area contributed by atoms with Crippen LogP contribution in [0.15, 0.2) is 48.7 Å². The second-order valence-electron chi connectivity index (χ2n) is 6.14. The van der Waals surface area contributed by atoms with Crippen LogP contribution in [-0.2, 0) is 19.9 Å². The van der Waals surface area contributed by atoms with E-state index in [4.69, 9.17) is 0 Å². The number of hydrogen-bond donors (Lipinski definition) is 0. The van der Waals surface area contributed by atoms with Crippen LogP contribution in [0.4, 0.5) is 0 Å². The minimum atomic E-state index is 1.23. The number of rotatable bonds is 1. The molecule has 3 aromatic rings. The predicted octanol–water partition coefficient (Wildman–Crippen LogP) is 4.13. The number of aromatic nitrogens is 1. The van der Waals surface area contributed by atoms with Gasteiger partial charge in [-0.3, -0.25) is 0 Å². The molecular weight excluding hydrogens is 254 g/mol. The lowest BCUT2D eigenvalue weighted by molar-refractivity contribution is -0.659. The summed E-state index contributed by atoms with van der Waals surface area (Å²) >= 11 is 0. The van der Waals surface area contributed by atoms with E-state index in [0.29, 0.717) is 0 Å². The molecule has 1 aliphatic rings. The van der Waals surface area contributed by atoms with Gasteiger partial charge in [-0.25, -0.2) is 4.57 Å². The molecule has 0 fully saturated rings. The van der Waals surface area contributed by atoms with Crippen molar-refractivity contribution in [3.05, 3.63) is 65.4 Å². The van der Waals surface area contributed by atoms with Crippen LogP contribution in [0.5, 0.6) is 0 Å². The molecule has 21 heavy (non-hydrogen) atoms. The van der Waals surface area contributed by atoms with Crippen LogP contribution < -0.4 is 4.57 Å². The summed E-state index contributed by atoms with van der Waals surface area (Å²) in [6.45, 7) is 2.19. The van der Waals surface area contributed by atoms with E-state index in [1.54, 1.807) is 11.1 Å². The van der Waals surface area contributed by atoms with Crippen molar-refractivity contribution >= 4 is 10.8 Å². The Bertz CT molecular complexity index is 846. The zero-order valence-corrected chi connectivity index (χ0v) is 12.7. The molecule has 0 saturated heterocycles. The molecule has 104 valence electrons. The summed E-state index contributed by atoms with van der Waals surface area (Å²) in [4.78, 5) is 0. The van der Waals surface area contributed by atoms with Gasteiger partial charge < -0.3 is 0 Å². The Labute approximate surface area is 125 Å². The van der Waals surface area contributed by atoms with Crippen molar-refractivity contribution in [3.8, 4) is 11.3 Å². The van der Waals surface area contributed by atoms with Crippen molar-refractivity contribution in [1.29, 1.82) is 0 Å². The lowest BCUT2D eigenvalue weighted by Crippen LogP contribution is -2.30. The zero-order chi connectivity index (χ0) is 14.4. The van der Waals surface area contributed by atoms with E-state index in [0.717, 1.165) is 0 Å². The van der Waals surface area contributed by atoms with Crippen LogP contribution in [0.3, 0.4) is 0 Å². The highest BCUT2D eigenvalue weighted by Crippen LogP contribution is 2.31. The van der Waals surface area contributed by atoms with Gasteiger partial charge in [0.2, 0.25) is 5.69 Å². The third-order valence-electron chi connectivity index (χ3n) is 4.78. The number of benzene rings is 2. The van der Waals surface area contributed by atoms with E-state index in [-0.39, 0.29) is 0 Å². The third-order valence-corrected chi connectivity index (χ3v) is 4.78. The average Bonchev–Trinajstić information content (AvgIpc) is 2.96. The van der Waals surface area contributed by atoms with Gasteiger partial charge in [-0.05, 0) is 60.4 Å². The molecule has 0 N–H and O–H groups in total. The number of nitrogens with zero attached hydrogens (tertiary/aromatic N) is 1. The van der Waals surface area contributed by atoms with Crippen LogP contribution in [0.1, 0.15) is 23.1 Å². The van der Waals surface area contributed by atoms with E-state index in [2.05, 4.69) is 67.2 Å². The summed E-state index contributed by atoms with van der Waals surface area (Å²) < 4.78 is 2.26. The number of hydrogen-bond acceptors (Lipinski definition) is 0. The Morgan fingerprint density at radius 3 is 2.71 bits per heavy atom. The molecule has 1 heterocycles. The summed E-state index contributed by atoms with van der Waals surface area (Å²) in [5.74, 6) is 0. The van der Waals surface area contributed by atoms with Gasteiger partial charge in [0.05, 0.1) is 0 Å². The molecule has 0 atom stereocenters. The van der Waals surface area contributed by atoms with Gasteiger partial charge in [-0.2, -0.15) is 0 Å². The highest BCUT2D eigenvalue weighted by molar-refractivity contribution is 5.88. The Morgan fingerprint density at radius 1 is 1.00 bits per heavy atom. The molecule has 0 bridgehead atoms. The second kappa shape index (κ2) is 4.70. The summed E-state index contributed by atoms with van der Waals surface area (Å²) in [6, 6.07) is 15.6. The van der Waals surface area contributed by atoms with Crippen LogP contribution in [0.2, 0.25) is 0 Å². The summed E-state index contributed by atoms with van der Waals surface area (Å²) in [6.07, 6.45) is 6.05. The van der Waals surface area contributed by atoms with Gasteiger partial charge in [0.1, 0.15) is 7.05 Å².